The Morgan fingerprint density at radius 2 is 1.78 bits per heavy atom. The van der Waals surface area contributed by atoms with E-state index in [1.54, 1.807) is 24.3 Å². The number of hydrogen-bond acceptors (Lipinski definition) is 3. The average Bonchev–Trinajstić information content (AvgIpc) is 2.50. The predicted molar refractivity (Wildman–Crippen MR) is 91.3 cm³/mol. The van der Waals surface area contributed by atoms with Gasteiger partial charge in [-0.15, -0.1) is 0 Å². The maximum absolute atomic E-state index is 12.5. The molecule has 1 amide bonds. The number of halogens is 2. The summed E-state index contributed by atoms with van der Waals surface area (Å²) in [6.07, 6.45) is 0. The molecule has 0 spiro atoms. The van der Waals surface area contributed by atoms with E-state index in [1.807, 2.05) is 6.07 Å². The van der Waals surface area contributed by atoms with Gasteiger partial charge in [0.25, 0.3) is 0 Å². The molecule has 8 heteroatoms. The third kappa shape index (κ3) is 4.45. The summed E-state index contributed by atoms with van der Waals surface area (Å²) in [4.78, 5) is 11.8. The second-order valence-electron chi connectivity index (χ2n) is 4.75. The number of para-hydroxylation sites is 1. The summed E-state index contributed by atoms with van der Waals surface area (Å²) in [7, 11) is -2.62. The predicted octanol–water partition coefficient (Wildman–Crippen LogP) is 3.25. The monoisotopic (exact) mass is 372 g/mol. The molecule has 0 aliphatic rings. The molecule has 2 aromatic carbocycles. The Bertz CT molecular complexity index is 811. The number of anilines is 1. The first-order valence-corrected chi connectivity index (χ1v) is 8.76. The van der Waals surface area contributed by atoms with Crippen molar-refractivity contribution in [1.29, 1.82) is 0 Å². The van der Waals surface area contributed by atoms with Crippen molar-refractivity contribution in [3.8, 4) is 0 Å². The highest BCUT2D eigenvalue weighted by molar-refractivity contribution is 7.89. The molecule has 2 rings (SSSR count). The summed E-state index contributed by atoms with van der Waals surface area (Å²) in [5.41, 5.74) is 0.587. The molecular weight excluding hydrogens is 359 g/mol. The van der Waals surface area contributed by atoms with E-state index >= 15 is 0 Å². The van der Waals surface area contributed by atoms with Crippen LogP contribution >= 0.6 is 23.2 Å². The zero-order valence-corrected chi connectivity index (χ0v) is 14.5. The molecule has 0 atom stereocenters. The Hall–Kier alpha value is -1.60. The van der Waals surface area contributed by atoms with Gasteiger partial charge in [-0.25, -0.2) is 8.42 Å². The summed E-state index contributed by atoms with van der Waals surface area (Å²) in [6, 6.07) is 12.9. The molecule has 0 fully saturated rings. The van der Waals surface area contributed by atoms with Gasteiger partial charge in [-0.1, -0.05) is 41.4 Å². The quantitative estimate of drug-likeness (QED) is 0.875. The van der Waals surface area contributed by atoms with E-state index in [4.69, 9.17) is 23.2 Å². The van der Waals surface area contributed by atoms with Crippen molar-refractivity contribution >= 4 is 44.8 Å². The minimum Gasteiger partial charge on any atom is -0.325 e. The Labute approximate surface area is 144 Å². The largest absolute Gasteiger partial charge is 0.325 e. The van der Waals surface area contributed by atoms with Gasteiger partial charge in [0.2, 0.25) is 15.9 Å². The van der Waals surface area contributed by atoms with E-state index in [2.05, 4.69) is 5.32 Å². The van der Waals surface area contributed by atoms with Crippen LogP contribution in [-0.2, 0) is 14.8 Å². The third-order valence-electron chi connectivity index (χ3n) is 3.01. The molecule has 0 aromatic heterocycles. The van der Waals surface area contributed by atoms with E-state index in [-0.39, 0.29) is 21.5 Å². The van der Waals surface area contributed by atoms with Gasteiger partial charge in [0.05, 0.1) is 11.6 Å². The maximum Gasteiger partial charge on any atom is 0.244 e. The minimum absolute atomic E-state index is 0.0460. The number of carbonyl (C=O) groups excluding carboxylic acids is 1. The zero-order chi connectivity index (χ0) is 17.0. The average molecular weight is 373 g/mol. The van der Waals surface area contributed by atoms with Crippen molar-refractivity contribution in [2.75, 3.05) is 18.9 Å². The van der Waals surface area contributed by atoms with Crippen LogP contribution < -0.4 is 5.32 Å². The van der Waals surface area contributed by atoms with Gasteiger partial charge < -0.3 is 5.32 Å². The van der Waals surface area contributed by atoms with Crippen LogP contribution in [0, 0.1) is 0 Å². The topological polar surface area (TPSA) is 66.5 Å². The lowest BCUT2D eigenvalue weighted by molar-refractivity contribution is -0.116. The fourth-order valence-corrected chi connectivity index (χ4v) is 3.71. The van der Waals surface area contributed by atoms with E-state index in [9.17, 15) is 13.2 Å². The molecule has 1 N–H and O–H groups in total. The first-order chi connectivity index (χ1) is 10.8. The fourth-order valence-electron chi connectivity index (χ4n) is 1.85. The number of rotatable bonds is 5. The van der Waals surface area contributed by atoms with E-state index in [1.165, 1.54) is 25.2 Å². The molecule has 5 nitrogen and oxygen atoms in total. The number of amides is 1. The second kappa shape index (κ2) is 7.31. The van der Waals surface area contributed by atoms with Crippen LogP contribution in [0.5, 0.6) is 0 Å². The van der Waals surface area contributed by atoms with Crippen molar-refractivity contribution in [1.82, 2.24) is 4.31 Å². The van der Waals surface area contributed by atoms with Gasteiger partial charge in [0, 0.05) is 17.8 Å². The van der Waals surface area contributed by atoms with Crippen LogP contribution in [0.25, 0.3) is 0 Å². The highest BCUT2D eigenvalue weighted by Gasteiger charge is 2.25. The molecular formula is C15H14Cl2N2O3S. The molecule has 0 aliphatic heterocycles. The highest BCUT2D eigenvalue weighted by Crippen LogP contribution is 2.27. The van der Waals surface area contributed by atoms with E-state index < -0.39 is 15.9 Å². The third-order valence-corrected chi connectivity index (χ3v) is 5.53. The number of benzene rings is 2. The van der Waals surface area contributed by atoms with Crippen molar-refractivity contribution in [3.63, 3.8) is 0 Å². The SMILES string of the molecule is CN(CC(=O)Nc1ccccc1)S(=O)(=O)c1cc(Cl)ccc1Cl. The summed E-state index contributed by atoms with van der Waals surface area (Å²) >= 11 is 11.7. The number of sulfonamides is 1. The van der Waals surface area contributed by atoms with Crippen molar-refractivity contribution < 1.29 is 13.2 Å². The molecule has 23 heavy (non-hydrogen) atoms. The summed E-state index contributed by atoms with van der Waals surface area (Å²) in [6.45, 7) is -0.347. The number of likely N-dealkylation sites (N-methyl/N-ethyl adjacent to an activating group) is 1. The van der Waals surface area contributed by atoms with Crippen molar-refractivity contribution in [3.05, 3.63) is 58.6 Å². The van der Waals surface area contributed by atoms with Gasteiger partial charge in [-0.05, 0) is 30.3 Å². The molecule has 0 saturated carbocycles. The Kier molecular flexibility index (Phi) is 5.64. The van der Waals surface area contributed by atoms with Crippen LogP contribution in [0.4, 0.5) is 5.69 Å². The molecule has 0 heterocycles. The molecule has 2 aromatic rings. The first kappa shape index (κ1) is 17.7. The Balaban J connectivity index is 2.14. The van der Waals surface area contributed by atoms with Crippen LogP contribution in [0.2, 0.25) is 10.0 Å². The molecule has 0 aliphatic carbocycles. The molecule has 0 radical (unpaired) electrons. The summed E-state index contributed by atoms with van der Waals surface area (Å²) in [5.74, 6) is -0.458. The Morgan fingerprint density at radius 3 is 2.43 bits per heavy atom. The minimum atomic E-state index is -3.92. The van der Waals surface area contributed by atoms with Gasteiger partial charge >= 0.3 is 0 Å². The maximum atomic E-state index is 12.5. The highest BCUT2D eigenvalue weighted by atomic mass is 35.5. The van der Waals surface area contributed by atoms with Crippen molar-refractivity contribution in [2.45, 2.75) is 4.90 Å². The number of nitrogens with one attached hydrogen (secondary N) is 1. The van der Waals surface area contributed by atoms with Crippen molar-refractivity contribution in [2.24, 2.45) is 0 Å². The van der Waals surface area contributed by atoms with E-state index in [0.29, 0.717) is 5.69 Å². The number of hydrogen-bond donors (Lipinski definition) is 1. The van der Waals surface area contributed by atoms with Crippen LogP contribution in [0.3, 0.4) is 0 Å². The van der Waals surface area contributed by atoms with Crippen LogP contribution in [-0.4, -0.2) is 32.2 Å². The lowest BCUT2D eigenvalue weighted by Crippen LogP contribution is -2.35. The molecule has 0 saturated heterocycles. The van der Waals surface area contributed by atoms with Gasteiger partial charge in [-0.3, -0.25) is 4.79 Å². The first-order valence-electron chi connectivity index (χ1n) is 6.57. The van der Waals surface area contributed by atoms with Gasteiger partial charge in [-0.2, -0.15) is 4.31 Å². The fraction of sp³-hybridized carbons (Fsp3) is 0.133. The standard InChI is InChI=1S/C15H14Cl2N2O3S/c1-19(10-15(20)18-12-5-3-2-4-6-12)23(21,22)14-9-11(16)7-8-13(14)17/h2-9H,10H2,1H3,(H,18,20). The number of nitrogens with zero attached hydrogens (tertiary/aromatic N) is 1. The lowest BCUT2D eigenvalue weighted by atomic mass is 10.3. The zero-order valence-electron chi connectivity index (χ0n) is 12.2. The second-order valence-corrected chi connectivity index (χ2v) is 7.61. The van der Waals surface area contributed by atoms with E-state index in [0.717, 1.165) is 4.31 Å². The summed E-state index contributed by atoms with van der Waals surface area (Å²) in [5, 5.41) is 2.91. The Morgan fingerprint density at radius 1 is 1.13 bits per heavy atom. The van der Waals surface area contributed by atoms with Crippen LogP contribution in [0.1, 0.15) is 0 Å². The normalized spacial score (nSPS) is 11.5. The number of carbonyl (C=O) groups is 1. The smallest absolute Gasteiger partial charge is 0.244 e. The molecule has 0 bridgehead atoms. The molecule has 0 unspecified atom stereocenters. The van der Waals surface area contributed by atoms with Crippen LogP contribution in [0.15, 0.2) is 53.4 Å². The van der Waals surface area contributed by atoms with Gasteiger partial charge in [0.1, 0.15) is 4.90 Å². The summed E-state index contributed by atoms with van der Waals surface area (Å²) < 4.78 is 25.9. The molecule has 122 valence electrons. The van der Waals surface area contributed by atoms with Gasteiger partial charge in [0.15, 0.2) is 0 Å². The lowest BCUT2D eigenvalue weighted by Gasteiger charge is -2.17.